The number of nitrogens with zero attached hydrogens (tertiary/aromatic N) is 4. The number of carbonyl (C=O) groups is 1. The normalized spacial score (nSPS) is 16.2. The van der Waals surface area contributed by atoms with Gasteiger partial charge in [-0.05, 0) is 44.6 Å². The molecule has 0 bridgehead atoms. The summed E-state index contributed by atoms with van der Waals surface area (Å²) in [6.07, 6.45) is 4.25. The number of hydrogen-bond acceptors (Lipinski definition) is 6. The molecule has 3 rings (SSSR count). The van der Waals surface area contributed by atoms with Crippen molar-refractivity contribution in [2.75, 3.05) is 11.1 Å². The highest BCUT2D eigenvalue weighted by Gasteiger charge is 2.25. The third-order valence-corrected chi connectivity index (χ3v) is 7.00. The molecule has 1 amide bonds. The lowest BCUT2D eigenvalue weighted by Gasteiger charge is -2.20. The van der Waals surface area contributed by atoms with Gasteiger partial charge in [0.25, 0.3) is 0 Å². The fourth-order valence-electron chi connectivity index (χ4n) is 3.33. The monoisotopic (exact) mass is 389 g/mol. The molecular weight excluding hydrogens is 366 g/mol. The van der Waals surface area contributed by atoms with Crippen LogP contribution >= 0.6 is 23.1 Å². The van der Waals surface area contributed by atoms with Gasteiger partial charge in [0, 0.05) is 11.4 Å². The molecule has 0 saturated heterocycles. The first kappa shape index (κ1) is 18.9. The molecule has 2 aromatic rings. The number of aryl methyl sites for hydroxylation is 1. The number of fused-ring (bicyclic) bond motifs is 1. The quantitative estimate of drug-likeness (QED) is 0.760. The molecule has 1 unspecified atom stereocenters. The number of nitrogens with one attached hydrogen (secondary N) is 1. The third-order valence-electron chi connectivity index (χ3n) is 4.86. The smallest absolute Gasteiger partial charge is 0.235 e. The van der Waals surface area contributed by atoms with Crippen LogP contribution < -0.4 is 5.32 Å². The van der Waals surface area contributed by atoms with Crippen LogP contribution in [0.2, 0.25) is 0 Å². The number of thioether (sulfide) groups is 1. The fourth-order valence-corrected chi connectivity index (χ4v) is 5.51. The molecular formula is C18H23N5OS2. The topological polar surface area (TPSA) is 83.6 Å². The zero-order chi connectivity index (χ0) is 18.7. The van der Waals surface area contributed by atoms with Crippen molar-refractivity contribution in [3.8, 4) is 6.07 Å². The molecule has 0 radical (unpaired) electrons. The summed E-state index contributed by atoms with van der Waals surface area (Å²) < 4.78 is 1.98. The molecule has 138 valence electrons. The number of thiophene rings is 1. The van der Waals surface area contributed by atoms with Gasteiger partial charge in [-0.25, -0.2) is 0 Å². The summed E-state index contributed by atoms with van der Waals surface area (Å²) in [5.41, 5.74) is 1.80. The van der Waals surface area contributed by atoms with Crippen LogP contribution in [0.1, 0.15) is 48.5 Å². The van der Waals surface area contributed by atoms with Crippen LogP contribution in [0.4, 0.5) is 5.00 Å². The van der Waals surface area contributed by atoms with Crippen molar-refractivity contribution in [1.82, 2.24) is 14.8 Å². The van der Waals surface area contributed by atoms with E-state index in [-0.39, 0.29) is 11.7 Å². The highest BCUT2D eigenvalue weighted by Crippen LogP contribution is 2.40. The maximum atomic E-state index is 12.4. The van der Waals surface area contributed by atoms with Crippen LogP contribution in [0, 0.1) is 24.2 Å². The lowest BCUT2D eigenvalue weighted by Crippen LogP contribution is -2.15. The summed E-state index contributed by atoms with van der Waals surface area (Å²) >= 11 is 2.94. The Morgan fingerprint density at radius 1 is 1.46 bits per heavy atom. The number of nitriles is 1. The molecule has 0 fully saturated rings. The predicted molar refractivity (Wildman–Crippen MR) is 105 cm³/mol. The van der Waals surface area contributed by atoms with Crippen LogP contribution in [0.5, 0.6) is 0 Å². The molecule has 0 spiro atoms. The Morgan fingerprint density at radius 2 is 2.27 bits per heavy atom. The van der Waals surface area contributed by atoms with E-state index in [1.54, 1.807) is 11.3 Å². The van der Waals surface area contributed by atoms with E-state index in [1.807, 2.05) is 18.4 Å². The number of aromatic nitrogens is 3. The van der Waals surface area contributed by atoms with Gasteiger partial charge in [0.05, 0.1) is 11.3 Å². The molecule has 0 aromatic carbocycles. The number of rotatable bonds is 6. The van der Waals surface area contributed by atoms with Gasteiger partial charge in [0.2, 0.25) is 5.91 Å². The minimum atomic E-state index is -0.111. The second kappa shape index (κ2) is 8.23. The minimum Gasteiger partial charge on any atom is -0.316 e. The standard InChI is InChI=1S/C18H23N5OS2/c1-4-12-6-7-13-14(9-19)17(26-15(13)8-12)20-16(24)10-25-18-22-21-11(3)23(18)5-2/h12H,4-8,10H2,1-3H3,(H,20,24). The van der Waals surface area contributed by atoms with E-state index in [2.05, 4.69) is 28.5 Å². The lowest BCUT2D eigenvalue weighted by molar-refractivity contribution is -0.113. The van der Waals surface area contributed by atoms with Gasteiger partial charge in [0.1, 0.15) is 16.9 Å². The Hall–Kier alpha value is -1.85. The molecule has 1 atom stereocenters. The van der Waals surface area contributed by atoms with Crippen LogP contribution in [-0.4, -0.2) is 26.4 Å². The van der Waals surface area contributed by atoms with E-state index in [4.69, 9.17) is 0 Å². The number of hydrogen-bond donors (Lipinski definition) is 1. The molecule has 1 N–H and O–H groups in total. The zero-order valence-corrected chi connectivity index (χ0v) is 17.0. The van der Waals surface area contributed by atoms with Crippen LogP contribution in [0.25, 0.3) is 0 Å². The van der Waals surface area contributed by atoms with E-state index < -0.39 is 0 Å². The van der Waals surface area contributed by atoms with Crippen molar-refractivity contribution in [1.29, 1.82) is 5.26 Å². The second-order valence-corrected chi connectivity index (χ2v) is 8.50. The molecule has 1 aliphatic rings. The highest BCUT2D eigenvalue weighted by molar-refractivity contribution is 7.99. The molecule has 26 heavy (non-hydrogen) atoms. The summed E-state index contributed by atoms with van der Waals surface area (Å²) in [6.45, 7) is 6.92. The lowest BCUT2D eigenvalue weighted by atomic mass is 9.86. The van der Waals surface area contributed by atoms with Crippen LogP contribution in [-0.2, 0) is 24.2 Å². The Morgan fingerprint density at radius 3 is 2.96 bits per heavy atom. The van der Waals surface area contributed by atoms with Crippen molar-refractivity contribution >= 4 is 34.0 Å². The molecule has 8 heteroatoms. The van der Waals surface area contributed by atoms with Gasteiger partial charge >= 0.3 is 0 Å². The van der Waals surface area contributed by atoms with Gasteiger partial charge in [-0.2, -0.15) is 5.26 Å². The van der Waals surface area contributed by atoms with E-state index in [0.29, 0.717) is 16.5 Å². The van der Waals surface area contributed by atoms with Gasteiger partial charge in [-0.3, -0.25) is 4.79 Å². The fraction of sp³-hybridized carbons (Fsp3) is 0.556. The van der Waals surface area contributed by atoms with Gasteiger partial charge in [-0.1, -0.05) is 25.1 Å². The van der Waals surface area contributed by atoms with Crippen LogP contribution in [0.15, 0.2) is 5.16 Å². The summed E-state index contributed by atoms with van der Waals surface area (Å²) in [5.74, 6) is 1.68. The first-order valence-corrected chi connectivity index (χ1v) is 10.7. The summed E-state index contributed by atoms with van der Waals surface area (Å²) in [6, 6.07) is 2.30. The molecule has 2 heterocycles. The summed E-state index contributed by atoms with van der Waals surface area (Å²) in [4.78, 5) is 13.7. The van der Waals surface area contributed by atoms with E-state index in [1.165, 1.54) is 16.6 Å². The average Bonchev–Trinajstić information content (AvgIpc) is 3.17. The largest absolute Gasteiger partial charge is 0.316 e. The Bertz CT molecular complexity index is 849. The first-order valence-electron chi connectivity index (χ1n) is 8.94. The van der Waals surface area contributed by atoms with E-state index in [0.717, 1.165) is 48.8 Å². The number of anilines is 1. The van der Waals surface area contributed by atoms with Gasteiger partial charge in [-0.15, -0.1) is 21.5 Å². The molecule has 6 nitrogen and oxygen atoms in total. The van der Waals surface area contributed by atoms with Gasteiger partial charge < -0.3 is 9.88 Å². The Balaban J connectivity index is 1.68. The minimum absolute atomic E-state index is 0.111. The summed E-state index contributed by atoms with van der Waals surface area (Å²) in [5, 5.41) is 22.1. The van der Waals surface area contributed by atoms with E-state index in [9.17, 15) is 10.1 Å². The molecule has 0 aliphatic heterocycles. The maximum Gasteiger partial charge on any atom is 0.235 e. The van der Waals surface area contributed by atoms with Crippen molar-refractivity contribution in [3.63, 3.8) is 0 Å². The number of amides is 1. The van der Waals surface area contributed by atoms with E-state index >= 15 is 0 Å². The third kappa shape index (κ3) is 3.79. The highest BCUT2D eigenvalue weighted by atomic mass is 32.2. The first-order chi connectivity index (χ1) is 12.6. The van der Waals surface area contributed by atoms with Crippen LogP contribution in [0.3, 0.4) is 0 Å². The molecule has 0 saturated carbocycles. The molecule has 1 aliphatic carbocycles. The van der Waals surface area contributed by atoms with Gasteiger partial charge in [0.15, 0.2) is 5.16 Å². The van der Waals surface area contributed by atoms with Crippen molar-refractivity contribution < 1.29 is 4.79 Å². The Kier molecular flexibility index (Phi) is 5.99. The van der Waals surface area contributed by atoms with Crippen molar-refractivity contribution in [2.24, 2.45) is 5.92 Å². The SMILES string of the molecule is CCC1CCc2c(sc(NC(=O)CSc3nnc(C)n3CC)c2C#N)C1. The average molecular weight is 390 g/mol. The number of carbonyl (C=O) groups excluding carboxylic acids is 1. The molecule has 2 aromatic heterocycles. The maximum absolute atomic E-state index is 12.4. The predicted octanol–water partition coefficient (Wildman–Crippen LogP) is 3.79. The zero-order valence-electron chi connectivity index (χ0n) is 15.3. The second-order valence-electron chi connectivity index (χ2n) is 6.45. The Labute approximate surface area is 162 Å². The van der Waals surface area contributed by atoms with Crippen molar-refractivity contribution in [3.05, 3.63) is 21.8 Å². The van der Waals surface area contributed by atoms with Crippen molar-refractivity contribution in [2.45, 2.75) is 58.2 Å². The summed E-state index contributed by atoms with van der Waals surface area (Å²) in [7, 11) is 0.